The Morgan fingerprint density at radius 2 is 2.00 bits per heavy atom. The third-order valence-corrected chi connectivity index (χ3v) is 3.62. The molecule has 0 bridgehead atoms. The molecule has 1 aromatic rings. The van der Waals surface area contributed by atoms with E-state index in [1.54, 1.807) is 16.0 Å². The molecular weight excluding hydrogens is 294 g/mol. The Balaban J connectivity index is 1.90. The zero-order chi connectivity index (χ0) is 16.7. The van der Waals surface area contributed by atoms with Gasteiger partial charge in [-0.05, 0) is 12.1 Å². The maximum atomic E-state index is 12.3. The summed E-state index contributed by atoms with van der Waals surface area (Å²) in [7, 11) is 0. The number of amides is 2. The molecule has 2 amide bonds. The Labute approximate surface area is 135 Å². The molecule has 2 heterocycles. The fraction of sp³-hybridized carbons (Fsp3) is 0.375. The van der Waals surface area contributed by atoms with E-state index >= 15 is 0 Å². The van der Waals surface area contributed by atoms with Crippen LogP contribution in [0, 0.1) is 11.3 Å². The van der Waals surface area contributed by atoms with Gasteiger partial charge in [0.1, 0.15) is 11.6 Å². The van der Waals surface area contributed by atoms with Gasteiger partial charge in [-0.1, -0.05) is 6.07 Å². The number of nitriles is 1. The van der Waals surface area contributed by atoms with Crippen molar-refractivity contribution in [1.82, 2.24) is 20.1 Å². The Morgan fingerprint density at radius 1 is 1.30 bits per heavy atom. The van der Waals surface area contributed by atoms with E-state index in [-0.39, 0.29) is 17.4 Å². The molecule has 7 heteroatoms. The maximum absolute atomic E-state index is 12.3. The van der Waals surface area contributed by atoms with Gasteiger partial charge in [0.2, 0.25) is 5.91 Å². The summed E-state index contributed by atoms with van der Waals surface area (Å²) in [5.41, 5.74) is 0.876. The molecule has 0 saturated carbocycles. The lowest BCUT2D eigenvalue weighted by Gasteiger charge is -2.34. The normalized spacial score (nSPS) is 15.0. The molecule has 1 N–H and O–H groups in total. The third kappa shape index (κ3) is 4.54. The molecule has 0 spiro atoms. The molecule has 23 heavy (non-hydrogen) atoms. The van der Waals surface area contributed by atoms with Gasteiger partial charge in [-0.2, -0.15) is 5.26 Å². The van der Waals surface area contributed by atoms with Crippen molar-refractivity contribution in [3.63, 3.8) is 0 Å². The van der Waals surface area contributed by atoms with Crippen LogP contribution in [0.2, 0.25) is 0 Å². The second-order valence-corrected chi connectivity index (χ2v) is 5.17. The van der Waals surface area contributed by atoms with Crippen molar-refractivity contribution >= 4 is 11.8 Å². The third-order valence-electron chi connectivity index (χ3n) is 3.62. The molecule has 120 valence electrons. The van der Waals surface area contributed by atoms with Crippen molar-refractivity contribution in [2.45, 2.75) is 13.5 Å². The zero-order valence-electron chi connectivity index (χ0n) is 13.0. The van der Waals surface area contributed by atoms with E-state index in [1.807, 2.05) is 24.3 Å². The molecule has 1 aliphatic heterocycles. The molecule has 0 aliphatic carbocycles. The van der Waals surface area contributed by atoms with Crippen LogP contribution >= 0.6 is 0 Å². The molecule has 7 nitrogen and oxygen atoms in total. The summed E-state index contributed by atoms with van der Waals surface area (Å²) in [4.78, 5) is 31.0. The molecule has 2 rings (SSSR count). The number of nitrogens with one attached hydrogen (secondary N) is 1. The van der Waals surface area contributed by atoms with E-state index in [2.05, 4.69) is 10.3 Å². The molecular formula is C16H19N5O2. The quantitative estimate of drug-likeness (QED) is 0.636. The van der Waals surface area contributed by atoms with Gasteiger partial charge < -0.3 is 15.1 Å². The van der Waals surface area contributed by atoms with Crippen LogP contribution in [0.1, 0.15) is 12.6 Å². The second kappa shape index (κ2) is 7.94. The minimum atomic E-state index is -0.316. The molecule has 1 aromatic heterocycles. The van der Waals surface area contributed by atoms with Crippen LogP contribution in [0.25, 0.3) is 0 Å². The number of aromatic nitrogens is 1. The first-order valence-electron chi connectivity index (χ1n) is 7.40. The molecule has 0 atom stereocenters. The summed E-state index contributed by atoms with van der Waals surface area (Å²) in [6.07, 6.45) is 3.11. The van der Waals surface area contributed by atoms with Crippen LogP contribution in [0.4, 0.5) is 0 Å². The van der Waals surface area contributed by atoms with Gasteiger partial charge in [0.15, 0.2) is 0 Å². The summed E-state index contributed by atoms with van der Waals surface area (Å²) < 4.78 is 0. The maximum Gasteiger partial charge on any atom is 0.266 e. The summed E-state index contributed by atoms with van der Waals surface area (Å²) in [6, 6.07) is 7.48. The fourth-order valence-electron chi connectivity index (χ4n) is 2.30. The van der Waals surface area contributed by atoms with Crippen molar-refractivity contribution in [2.24, 2.45) is 0 Å². The monoisotopic (exact) mass is 313 g/mol. The largest absolute Gasteiger partial charge is 0.384 e. The molecule has 1 saturated heterocycles. The van der Waals surface area contributed by atoms with Crippen molar-refractivity contribution in [2.75, 3.05) is 26.2 Å². The summed E-state index contributed by atoms with van der Waals surface area (Å²) in [6.45, 7) is 3.84. The number of pyridine rings is 1. The molecule has 1 aliphatic rings. The van der Waals surface area contributed by atoms with Gasteiger partial charge >= 0.3 is 0 Å². The Hall–Kier alpha value is -2.88. The SMILES string of the molecule is CC(=O)N1CCN(C(=O)/C(C#N)=C\NCc2ccccn2)CC1. The predicted octanol–water partition coefficient (Wildman–Crippen LogP) is 0.269. The molecule has 0 aromatic carbocycles. The first-order chi connectivity index (χ1) is 11.1. The number of rotatable bonds is 4. The van der Waals surface area contributed by atoms with Gasteiger partial charge in [0, 0.05) is 45.5 Å². The van der Waals surface area contributed by atoms with E-state index in [9.17, 15) is 14.9 Å². The van der Waals surface area contributed by atoms with Gasteiger partial charge in [0.05, 0.1) is 12.2 Å². The van der Waals surface area contributed by atoms with E-state index in [4.69, 9.17) is 0 Å². The van der Waals surface area contributed by atoms with E-state index in [1.165, 1.54) is 13.1 Å². The lowest BCUT2D eigenvalue weighted by Crippen LogP contribution is -2.50. The lowest BCUT2D eigenvalue weighted by atomic mass is 10.2. The lowest BCUT2D eigenvalue weighted by molar-refractivity contribution is -0.136. The summed E-state index contributed by atoms with van der Waals surface area (Å²) in [5, 5.41) is 12.1. The number of piperazine rings is 1. The first kappa shape index (κ1) is 16.5. The van der Waals surface area contributed by atoms with Crippen molar-refractivity contribution < 1.29 is 9.59 Å². The van der Waals surface area contributed by atoms with E-state index < -0.39 is 0 Å². The van der Waals surface area contributed by atoms with Gasteiger partial charge in [0.25, 0.3) is 5.91 Å². The number of carbonyl (C=O) groups is 2. The highest BCUT2D eigenvalue weighted by Gasteiger charge is 2.24. The minimum absolute atomic E-state index is 0.00479. The average Bonchev–Trinajstić information content (AvgIpc) is 2.59. The molecule has 1 fully saturated rings. The highest BCUT2D eigenvalue weighted by atomic mass is 16.2. The standard InChI is InChI=1S/C16H19N5O2/c1-13(22)20-6-8-21(9-7-20)16(23)14(10-17)11-18-12-15-4-2-3-5-19-15/h2-5,11,18H,6-9,12H2,1H3/b14-11-. The Bertz CT molecular complexity index is 628. The smallest absolute Gasteiger partial charge is 0.266 e. The number of hydrogen-bond donors (Lipinski definition) is 1. The molecule has 0 radical (unpaired) electrons. The van der Waals surface area contributed by atoms with Crippen LogP contribution in [-0.2, 0) is 16.1 Å². The van der Waals surface area contributed by atoms with E-state index in [0.29, 0.717) is 32.7 Å². The summed E-state index contributed by atoms with van der Waals surface area (Å²) in [5.74, 6) is -0.311. The highest BCUT2D eigenvalue weighted by molar-refractivity contribution is 5.97. The van der Waals surface area contributed by atoms with Crippen LogP contribution in [0.5, 0.6) is 0 Å². The van der Waals surface area contributed by atoms with Crippen LogP contribution in [0.3, 0.4) is 0 Å². The van der Waals surface area contributed by atoms with E-state index in [0.717, 1.165) is 5.69 Å². The van der Waals surface area contributed by atoms with Gasteiger partial charge in [-0.3, -0.25) is 14.6 Å². The average molecular weight is 313 g/mol. The van der Waals surface area contributed by atoms with Crippen LogP contribution in [0.15, 0.2) is 36.2 Å². The minimum Gasteiger partial charge on any atom is -0.384 e. The Kier molecular flexibility index (Phi) is 5.69. The molecule has 0 unspecified atom stereocenters. The predicted molar refractivity (Wildman–Crippen MR) is 83.6 cm³/mol. The first-order valence-corrected chi connectivity index (χ1v) is 7.40. The fourth-order valence-corrected chi connectivity index (χ4v) is 2.30. The van der Waals surface area contributed by atoms with Gasteiger partial charge in [-0.25, -0.2) is 0 Å². The van der Waals surface area contributed by atoms with Crippen molar-refractivity contribution in [3.05, 3.63) is 41.9 Å². The Morgan fingerprint density at radius 3 is 2.57 bits per heavy atom. The number of nitrogens with zero attached hydrogens (tertiary/aromatic N) is 4. The van der Waals surface area contributed by atoms with Crippen molar-refractivity contribution in [3.8, 4) is 6.07 Å². The van der Waals surface area contributed by atoms with Crippen LogP contribution in [-0.4, -0.2) is 52.8 Å². The topological polar surface area (TPSA) is 89.3 Å². The second-order valence-electron chi connectivity index (χ2n) is 5.17. The number of hydrogen-bond acceptors (Lipinski definition) is 5. The number of carbonyl (C=O) groups excluding carboxylic acids is 2. The zero-order valence-corrected chi connectivity index (χ0v) is 13.0. The van der Waals surface area contributed by atoms with Gasteiger partial charge in [-0.15, -0.1) is 0 Å². The highest BCUT2D eigenvalue weighted by Crippen LogP contribution is 2.07. The van der Waals surface area contributed by atoms with Crippen molar-refractivity contribution in [1.29, 1.82) is 5.26 Å². The van der Waals surface area contributed by atoms with Crippen LogP contribution < -0.4 is 5.32 Å². The summed E-state index contributed by atoms with van der Waals surface area (Å²) >= 11 is 0.